The summed E-state index contributed by atoms with van der Waals surface area (Å²) < 4.78 is 2.76. The van der Waals surface area contributed by atoms with Crippen LogP contribution in [0.2, 0.25) is 0 Å². The standard InChI is InChI=1S/C18H23N7OS.C2H6/c1-13(14-11-21-23(2)12-14)25-9-5-8-20-18(17(25)19)22-15-6-4-7-16(10-15)27-24(3)26;1-2/h4,6-7,10-12,19,26H,1,5,8-9H2,2-3H3,(H,20,22);1-2H3. The number of amidine groups is 2. The average Bonchev–Trinajstić information content (AvgIpc) is 3.05. The number of aryl methyl sites for hydroxylation is 1. The molecule has 1 aromatic heterocycles. The molecule has 0 amide bonds. The molecule has 0 saturated heterocycles. The van der Waals surface area contributed by atoms with E-state index in [1.807, 2.05) is 56.3 Å². The lowest BCUT2D eigenvalue weighted by atomic mass is 10.2. The van der Waals surface area contributed by atoms with Crippen molar-refractivity contribution < 1.29 is 5.21 Å². The number of hydrogen-bond donors (Lipinski definition) is 3. The minimum absolute atomic E-state index is 0.277. The van der Waals surface area contributed by atoms with Gasteiger partial charge in [-0.05, 0) is 36.6 Å². The van der Waals surface area contributed by atoms with Crippen LogP contribution in [0, 0.1) is 5.41 Å². The fourth-order valence-electron chi connectivity index (χ4n) is 2.75. The van der Waals surface area contributed by atoms with Crippen molar-refractivity contribution in [2.45, 2.75) is 25.2 Å². The molecule has 29 heavy (non-hydrogen) atoms. The molecular weight excluding hydrogens is 386 g/mol. The Labute approximate surface area is 176 Å². The summed E-state index contributed by atoms with van der Waals surface area (Å²) in [5.74, 6) is 0.774. The Morgan fingerprint density at radius 1 is 1.38 bits per heavy atom. The summed E-state index contributed by atoms with van der Waals surface area (Å²) in [5.41, 5.74) is 2.42. The first-order chi connectivity index (χ1) is 13.9. The van der Waals surface area contributed by atoms with Gasteiger partial charge in [0.25, 0.3) is 0 Å². The first-order valence-corrected chi connectivity index (χ1v) is 10.3. The quantitative estimate of drug-likeness (QED) is 0.506. The molecule has 0 unspecified atom stereocenters. The number of rotatable bonds is 5. The molecule has 9 heteroatoms. The van der Waals surface area contributed by atoms with E-state index in [-0.39, 0.29) is 5.84 Å². The van der Waals surface area contributed by atoms with Crippen molar-refractivity contribution in [3.63, 3.8) is 0 Å². The van der Waals surface area contributed by atoms with Crippen molar-refractivity contribution in [2.75, 3.05) is 25.5 Å². The Morgan fingerprint density at radius 3 is 2.79 bits per heavy atom. The van der Waals surface area contributed by atoms with Crippen LogP contribution in [0.5, 0.6) is 0 Å². The van der Waals surface area contributed by atoms with Crippen LogP contribution in [0.1, 0.15) is 25.8 Å². The maximum atomic E-state index is 9.40. The molecule has 0 saturated carbocycles. The molecule has 8 nitrogen and oxygen atoms in total. The number of aliphatic imine (C=N–C) groups is 1. The highest BCUT2D eigenvalue weighted by atomic mass is 32.2. The maximum absolute atomic E-state index is 9.40. The van der Waals surface area contributed by atoms with Crippen LogP contribution < -0.4 is 5.32 Å². The van der Waals surface area contributed by atoms with Crippen molar-refractivity contribution in [3.05, 3.63) is 48.8 Å². The third-order valence-electron chi connectivity index (χ3n) is 4.00. The van der Waals surface area contributed by atoms with Crippen LogP contribution >= 0.6 is 11.9 Å². The summed E-state index contributed by atoms with van der Waals surface area (Å²) >= 11 is 1.21. The molecule has 156 valence electrons. The molecule has 0 aliphatic carbocycles. The molecule has 0 radical (unpaired) electrons. The molecule has 0 bridgehead atoms. The van der Waals surface area contributed by atoms with Crippen LogP contribution in [-0.4, -0.2) is 56.2 Å². The summed E-state index contributed by atoms with van der Waals surface area (Å²) in [5, 5.41) is 25.5. The zero-order chi connectivity index (χ0) is 21.4. The summed E-state index contributed by atoms with van der Waals surface area (Å²) in [4.78, 5) is 7.27. The topological polar surface area (TPSA) is 92.8 Å². The Balaban J connectivity index is 0.00000145. The Hall–Kier alpha value is -2.62. The molecule has 0 spiro atoms. The Kier molecular flexibility index (Phi) is 8.44. The lowest BCUT2D eigenvalue weighted by Crippen LogP contribution is -2.37. The lowest BCUT2D eigenvalue weighted by Gasteiger charge is -2.25. The molecule has 3 rings (SSSR count). The van der Waals surface area contributed by atoms with Gasteiger partial charge in [-0.1, -0.05) is 26.5 Å². The minimum Gasteiger partial charge on any atom is -0.337 e. The summed E-state index contributed by atoms with van der Waals surface area (Å²) in [6.07, 6.45) is 4.46. The third-order valence-corrected chi connectivity index (χ3v) is 4.73. The highest BCUT2D eigenvalue weighted by Gasteiger charge is 2.22. The van der Waals surface area contributed by atoms with Crippen molar-refractivity contribution in [1.29, 1.82) is 5.41 Å². The van der Waals surface area contributed by atoms with E-state index in [9.17, 15) is 5.21 Å². The second-order valence-corrected chi connectivity index (χ2v) is 7.32. The predicted molar refractivity (Wildman–Crippen MR) is 120 cm³/mol. The first-order valence-electron chi connectivity index (χ1n) is 9.50. The van der Waals surface area contributed by atoms with Crippen LogP contribution in [0.25, 0.3) is 5.70 Å². The van der Waals surface area contributed by atoms with E-state index >= 15 is 0 Å². The van der Waals surface area contributed by atoms with Crippen LogP contribution in [-0.2, 0) is 7.05 Å². The van der Waals surface area contributed by atoms with Gasteiger partial charge < -0.3 is 15.4 Å². The van der Waals surface area contributed by atoms with Gasteiger partial charge in [0, 0.05) is 55.2 Å². The normalized spacial score (nSPS) is 14.1. The zero-order valence-corrected chi connectivity index (χ0v) is 18.2. The minimum atomic E-state index is 0.277. The fraction of sp³-hybridized carbons (Fsp3) is 0.350. The van der Waals surface area contributed by atoms with E-state index in [2.05, 4.69) is 22.0 Å². The van der Waals surface area contributed by atoms with Crippen LogP contribution in [0.3, 0.4) is 0 Å². The number of hydrogen-bond acceptors (Lipinski definition) is 7. The Bertz CT molecular complexity index is 875. The second kappa shape index (κ2) is 10.8. The highest BCUT2D eigenvalue weighted by molar-refractivity contribution is 7.96. The van der Waals surface area contributed by atoms with Crippen molar-refractivity contribution in [3.8, 4) is 0 Å². The lowest BCUT2D eigenvalue weighted by molar-refractivity contribution is 0.0454. The summed E-state index contributed by atoms with van der Waals surface area (Å²) in [7, 11) is 3.42. The second-order valence-electron chi connectivity index (χ2n) is 6.14. The van der Waals surface area contributed by atoms with E-state index in [0.717, 1.165) is 32.7 Å². The maximum Gasteiger partial charge on any atom is 0.168 e. The van der Waals surface area contributed by atoms with E-state index < -0.39 is 0 Å². The fourth-order valence-corrected chi connectivity index (χ4v) is 3.37. The third kappa shape index (κ3) is 6.18. The largest absolute Gasteiger partial charge is 0.337 e. The van der Waals surface area contributed by atoms with Gasteiger partial charge in [-0.15, -0.1) is 4.47 Å². The van der Waals surface area contributed by atoms with Gasteiger partial charge in [0.05, 0.1) is 6.20 Å². The van der Waals surface area contributed by atoms with Crippen LogP contribution in [0.4, 0.5) is 5.69 Å². The van der Waals surface area contributed by atoms with Crippen molar-refractivity contribution >= 4 is 35.0 Å². The molecule has 0 atom stereocenters. The smallest absolute Gasteiger partial charge is 0.168 e. The average molecular weight is 416 g/mol. The van der Waals surface area contributed by atoms with Gasteiger partial charge in [-0.25, -0.2) is 0 Å². The number of nitrogens with one attached hydrogen (secondary N) is 2. The van der Waals surface area contributed by atoms with Crippen molar-refractivity contribution in [1.82, 2.24) is 19.1 Å². The van der Waals surface area contributed by atoms with Gasteiger partial charge in [-0.3, -0.25) is 15.1 Å². The molecular formula is C20H29N7OS. The molecule has 2 heterocycles. The molecule has 1 aliphatic rings. The van der Waals surface area contributed by atoms with Gasteiger partial charge in [-0.2, -0.15) is 5.10 Å². The first kappa shape index (κ1) is 22.7. The Morgan fingerprint density at radius 2 is 2.14 bits per heavy atom. The monoisotopic (exact) mass is 415 g/mol. The summed E-state index contributed by atoms with van der Waals surface area (Å²) in [6.45, 7) is 9.46. The molecule has 1 aromatic carbocycles. The number of hydroxylamine groups is 1. The van der Waals surface area contributed by atoms with E-state index in [1.54, 1.807) is 17.9 Å². The van der Waals surface area contributed by atoms with Crippen LogP contribution in [0.15, 0.2) is 53.1 Å². The predicted octanol–water partition coefficient (Wildman–Crippen LogP) is 3.94. The summed E-state index contributed by atoms with van der Waals surface area (Å²) in [6, 6.07) is 7.60. The van der Waals surface area contributed by atoms with Gasteiger partial charge in [0.1, 0.15) is 0 Å². The molecule has 2 aromatic rings. The zero-order valence-electron chi connectivity index (χ0n) is 17.4. The van der Waals surface area contributed by atoms with Crippen molar-refractivity contribution in [2.24, 2.45) is 12.0 Å². The molecule has 1 aliphatic heterocycles. The van der Waals surface area contributed by atoms with E-state index in [4.69, 9.17) is 5.41 Å². The number of benzene rings is 1. The molecule has 3 N–H and O–H groups in total. The number of anilines is 1. The SMILES string of the molecule is C=C(c1cnn(C)c1)N1CCCN=C(Nc2cccc(SN(C)O)c2)C1=N.CC. The number of aromatic nitrogens is 2. The van der Waals surface area contributed by atoms with Gasteiger partial charge >= 0.3 is 0 Å². The molecule has 0 fully saturated rings. The van der Waals surface area contributed by atoms with E-state index in [1.165, 1.54) is 11.9 Å². The number of nitrogens with zero attached hydrogens (tertiary/aromatic N) is 5. The van der Waals surface area contributed by atoms with E-state index in [0.29, 0.717) is 18.9 Å². The highest BCUT2D eigenvalue weighted by Crippen LogP contribution is 2.24. The van der Waals surface area contributed by atoms with Gasteiger partial charge in [0.2, 0.25) is 0 Å². The van der Waals surface area contributed by atoms with Gasteiger partial charge in [0.15, 0.2) is 11.7 Å².